The molecule has 1 heterocycles. The molecule has 100 valence electrons. The molecule has 0 saturated heterocycles. The van der Waals surface area contributed by atoms with Gasteiger partial charge in [0.05, 0.1) is 0 Å². The third kappa shape index (κ3) is 2.84. The van der Waals surface area contributed by atoms with Crippen molar-refractivity contribution in [2.24, 2.45) is 5.73 Å². The van der Waals surface area contributed by atoms with Gasteiger partial charge in [0.2, 0.25) is 0 Å². The summed E-state index contributed by atoms with van der Waals surface area (Å²) in [6.07, 6.45) is 0. The molecule has 0 aliphatic carbocycles. The molecule has 0 saturated carbocycles. The first-order valence-corrected chi connectivity index (χ1v) is 7.06. The Hall–Kier alpha value is -2.24. The molecule has 0 amide bonds. The van der Waals surface area contributed by atoms with Crippen LogP contribution >= 0.6 is 11.3 Å². The van der Waals surface area contributed by atoms with Gasteiger partial charge in [-0.2, -0.15) is 0 Å². The van der Waals surface area contributed by atoms with Crippen LogP contribution in [0.1, 0.15) is 5.56 Å². The Labute approximate surface area is 120 Å². The summed E-state index contributed by atoms with van der Waals surface area (Å²) in [4.78, 5) is 0. The lowest BCUT2D eigenvalue weighted by molar-refractivity contribution is 0.473. The van der Waals surface area contributed by atoms with Crippen molar-refractivity contribution in [2.75, 3.05) is 0 Å². The number of benzene rings is 2. The molecule has 3 rings (SSSR count). The summed E-state index contributed by atoms with van der Waals surface area (Å²) in [5, 5.41) is 8.13. The summed E-state index contributed by atoms with van der Waals surface area (Å²) in [7, 11) is 0. The van der Waals surface area contributed by atoms with E-state index in [0.717, 1.165) is 22.4 Å². The number of nitrogens with two attached hydrogens (primary N) is 1. The summed E-state index contributed by atoms with van der Waals surface area (Å²) < 4.78 is 5.57. The molecule has 0 aliphatic rings. The van der Waals surface area contributed by atoms with Crippen LogP contribution in [-0.4, -0.2) is 10.2 Å². The second kappa shape index (κ2) is 5.81. The number of hydrogen-bond donors (Lipinski definition) is 1. The molecule has 0 atom stereocenters. The van der Waals surface area contributed by atoms with Crippen LogP contribution in [0.5, 0.6) is 10.9 Å². The maximum absolute atomic E-state index is 5.60. The van der Waals surface area contributed by atoms with Crippen molar-refractivity contribution >= 4 is 11.3 Å². The van der Waals surface area contributed by atoms with Crippen molar-refractivity contribution in [3.8, 4) is 22.1 Å². The third-order valence-electron chi connectivity index (χ3n) is 2.92. The molecule has 4 nitrogen and oxygen atoms in total. The van der Waals surface area contributed by atoms with Crippen molar-refractivity contribution in [3.05, 3.63) is 59.6 Å². The highest BCUT2D eigenvalue weighted by Crippen LogP contribution is 2.26. The minimum Gasteiger partial charge on any atom is -0.430 e. The van der Waals surface area contributed by atoms with E-state index in [1.54, 1.807) is 5.51 Å². The Bertz CT molecular complexity index is 663. The van der Waals surface area contributed by atoms with Gasteiger partial charge >= 0.3 is 0 Å². The second-order valence-corrected chi connectivity index (χ2v) is 5.03. The molecule has 2 N–H and O–H groups in total. The Morgan fingerprint density at radius 3 is 2.15 bits per heavy atom. The van der Waals surface area contributed by atoms with E-state index in [9.17, 15) is 0 Å². The Balaban J connectivity index is 1.78. The van der Waals surface area contributed by atoms with Crippen LogP contribution in [0.4, 0.5) is 0 Å². The first-order valence-electron chi connectivity index (χ1n) is 6.18. The fourth-order valence-corrected chi connectivity index (χ4v) is 2.28. The van der Waals surface area contributed by atoms with E-state index >= 15 is 0 Å². The van der Waals surface area contributed by atoms with E-state index in [2.05, 4.69) is 22.3 Å². The van der Waals surface area contributed by atoms with Crippen LogP contribution in [0.3, 0.4) is 0 Å². The molecule has 0 spiro atoms. The summed E-state index contributed by atoms with van der Waals surface area (Å²) in [6.45, 7) is 0.564. The molecule has 0 aliphatic heterocycles. The van der Waals surface area contributed by atoms with Crippen LogP contribution in [0, 0.1) is 0 Å². The number of ether oxygens (including phenoxy) is 1. The predicted octanol–water partition coefficient (Wildman–Crippen LogP) is 3.46. The highest BCUT2D eigenvalue weighted by Gasteiger charge is 2.02. The second-order valence-electron chi connectivity index (χ2n) is 4.23. The molecule has 0 unspecified atom stereocenters. The van der Waals surface area contributed by atoms with E-state index in [1.807, 2.05) is 36.4 Å². The van der Waals surface area contributed by atoms with Gasteiger partial charge in [0.25, 0.3) is 5.19 Å². The summed E-state index contributed by atoms with van der Waals surface area (Å²) in [6, 6.07) is 16.1. The quantitative estimate of drug-likeness (QED) is 0.796. The number of nitrogens with zero attached hydrogens (tertiary/aromatic N) is 2. The Kier molecular flexibility index (Phi) is 3.71. The number of hydrogen-bond acceptors (Lipinski definition) is 5. The minimum atomic E-state index is 0.546. The monoisotopic (exact) mass is 283 g/mol. The van der Waals surface area contributed by atoms with Crippen molar-refractivity contribution < 1.29 is 4.74 Å². The van der Waals surface area contributed by atoms with Crippen molar-refractivity contribution in [3.63, 3.8) is 0 Å². The van der Waals surface area contributed by atoms with Crippen LogP contribution in [0.2, 0.25) is 0 Å². The lowest BCUT2D eigenvalue weighted by atomic mass is 10.0. The van der Waals surface area contributed by atoms with Crippen molar-refractivity contribution in [1.82, 2.24) is 10.2 Å². The smallest absolute Gasteiger partial charge is 0.299 e. The first kappa shape index (κ1) is 12.8. The summed E-state index contributed by atoms with van der Waals surface area (Å²) >= 11 is 1.37. The third-order valence-corrected chi connectivity index (χ3v) is 3.49. The minimum absolute atomic E-state index is 0.546. The molecular formula is C15H13N3OS. The fraction of sp³-hybridized carbons (Fsp3) is 0.0667. The van der Waals surface area contributed by atoms with Gasteiger partial charge in [0.1, 0.15) is 11.3 Å². The van der Waals surface area contributed by atoms with Crippen LogP contribution in [0.25, 0.3) is 11.1 Å². The van der Waals surface area contributed by atoms with Crippen LogP contribution < -0.4 is 10.5 Å². The van der Waals surface area contributed by atoms with Gasteiger partial charge in [-0.1, -0.05) is 52.8 Å². The van der Waals surface area contributed by atoms with Crippen LogP contribution in [-0.2, 0) is 6.54 Å². The maximum atomic E-state index is 5.60. The average Bonchev–Trinajstić information content (AvgIpc) is 3.01. The molecule has 5 heteroatoms. The maximum Gasteiger partial charge on any atom is 0.299 e. The average molecular weight is 283 g/mol. The standard InChI is InChI=1S/C15H13N3OS/c16-9-11-1-3-12(4-2-11)13-5-7-14(8-6-13)19-15-18-17-10-20-15/h1-8,10H,9,16H2. The molecule has 3 aromatic rings. The summed E-state index contributed by atoms with van der Waals surface area (Å²) in [5.41, 5.74) is 10.7. The Morgan fingerprint density at radius 1 is 0.950 bits per heavy atom. The topological polar surface area (TPSA) is 61.0 Å². The van der Waals surface area contributed by atoms with Crippen molar-refractivity contribution in [2.45, 2.75) is 6.54 Å². The van der Waals surface area contributed by atoms with E-state index in [4.69, 9.17) is 10.5 Å². The zero-order valence-electron chi connectivity index (χ0n) is 10.7. The van der Waals surface area contributed by atoms with Crippen LogP contribution in [0.15, 0.2) is 54.0 Å². The molecule has 1 aromatic heterocycles. The molecule has 2 aromatic carbocycles. The zero-order chi connectivity index (χ0) is 13.8. The van der Waals surface area contributed by atoms with E-state index in [0.29, 0.717) is 11.7 Å². The van der Waals surface area contributed by atoms with Crippen molar-refractivity contribution in [1.29, 1.82) is 0 Å². The SMILES string of the molecule is NCc1ccc(-c2ccc(Oc3nncs3)cc2)cc1. The van der Waals surface area contributed by atoms with Gasteiger partial charge in [-0.05, 0) is 28.8 Å². The van der Waals surface area contributed by atoms with Gasteiger partial charge in [0, 0.05) is 6.54 Å². The molecule has 20 heavy (non-hydrogen) atoms. The number of aromatic nitrogens is 2. The molecule has 0 radical (unpaired) electrons. The highest BCUT2D eigenvalue weighted by atomic mass is 32.1. The lowest BCUT2D eigenvalue weighted by Crippen LogP contribution is -1.95. The van der Waals surface area contributed by atoms with E-state index in [-0.39, 0.29) is 0 Å². The fourth-order valence-electron chi connectivity index (χ4n) is 1.86. The zero-order valence-corrected chi connectivity index (χ0v) is 11.5. The first-order chi connectivity index (χ1) is 9.85. The highest BCUT2D eigenvalue weighted by molar-refractivity contribution is 7.11. The van der Waals surface area contributed by atoms with Gasteiger partial charge in [-0.25, -0.2) is 0 Å². The molecular weight excluding hydrogens is 270 g/mol. The van der Waals surface area contributed by atoms with E-state index in [1.165, 1.54) is 11.3 Å². The van der Waals surface area contributed by atoms with Gasteiger partial charge in [-0.15, -0.1) is 5.10 Å². The summed E-state index contributed by atoms with van der Waals surface area (Å²) in [5.74, 6) is 0.754. The number of rotatable bonds is 4. The van der Waals surface area contributed by atoms with Gasteiger partial charge in [0.15, 0.2) is 0 Å². The Morgan fingerprint density at radius 2 is 1.60 bits per heavy atom. The van der Waals surface area contributed by atoms with Gasteiger partial charge in [-0.3, -0.25) is 0 Å². The largest absolute Gasteiger partial charge is 0.430 e. The predicted molar refractivity (Wildman–Crippen MR) is 79.8 cm³/mol. The molecule has 0 bridgehead atoms. The molecule has 0 fully saturated rings. The lowest BCUT2D eigenvalue weighted by Gasteiger charge is -2.05. The van der Waals surface area contributed by atoms with E-state index < -0.39 is 0 Å². The van der Waals surface area contributed by atoms with Gasteiger partial charge < -0.3 is 10.5 Å². The normalized spacial score (nSPS) is 10.4.